The molecule has 0 radical (unpaired) electrons. The van der Waals surface area contributed by atoms with Crippen molar-refractivity contribution in [1.29, 1.82) is 0 Å². The molecular weight excluding hydrogens is 195 g/mol. The minimum absolute atomic E-state index is 0. The average Bonchev–Trinajstić information content (AvgIpc) is 1.72. The van der Waals surface area contributed by atoms with E-state index in [2.05, 4.69) is 29.6 Å². The van der Waals surface area contributed by atoms with E-state index in [0.717, 1.165) is 0 Å². The van der Waals surface area contributed by atoms with Crippen LogP contribution in [0.1, 0.15) is 0 Å². The van der Waals surface area contributed by atoms with Crippen LogP contribution in [0.15, 0.2) is 29.6 Å². The van der Waals surface area contributed by atoms with Crippen LogP contribution < -0.4 is 0 Å². The molecule has 0 fully saturated rings. The molecule has 1 rings (SSSR count). The van der Waals surface area contributed by atoms with Crippen molar-refractivity contribution in [3.8, 4) is 0 Å². The molecule has 1 aromatic rings. The van der Waals surface area contributed by atoms with Crippen molar-refractivity contribution in [2.45, 2.75) is 0 Å². The van der Waals surface area contributed by atoms with Gasteiger partial charge >= 0.3 is 0 Å². The molecule has 1 heterocycles. The first-order valence-corrected chi connectivity index (χ1v) is 3.33. The van der Waals surface area contributed by atoms with E-state index in [1.54, 1.807) is 0 Å². The van der Waals surface area contributed by atoms with Gasteiger partial charge in [-0.05, 0) is 0 Å². The minimum atomic E-state index is 0. The van der Waals surface area contributed by atoms with E-state index in [1.165, 1.54) is 0 Å². The molecular formula is C5H6PdSi. The zero-order chi connectivity index (χ0) is 4.24. The smallest absolute Gasteiger partial charge is 0.0198 e. The zero-order valence-electron chi connectivity index (χ0n) is 3.78. The van der Waals surface area contributed by atoms with Crippen molar-refractivity contribution in [1.82, 2.24) is 0 Å². The van der Waals surface area contributed by atoms with Crippen molar-refractivity contribution in [2.75, 3.05) is 0 Å². The molecule has 0 bridgehead atoms. The van der Waals surface area contributed by atoms with Gasteiger partial charge in [0.25, 0.3) is 0 Å². The van der Waals surface area contributed by atoms with E-state index < -0.39 is 0 Å². The molecule has 0 aliphatic heterocycles. The fourth-order valence-electron chi connectivity index (χ4n) is 0.385. The van der Waals surface area contributed by atoms with Crippen molar-refractivity contribution in [2.24, 2.45) is 0 Å². The van der Waals surface area contributed by atoms with Crippen LogP contribution in [-0.2, 0) is 20.4 Å². The van der Waals surface area contributed by atoms with Crippen LogP contribution in [0.2, 0.25) is 0 Å². The summed E-state index contributed by atoms with van der Waals surface area (Å²) in [5.74, 6) is 0. The van der Waals surface area contributed by atoms with Crippen LogP contribution in [-0.4, -0.2) is 9.12 Å². The third-order valence-electron chi connectivity index (χ3n) is 0.667. The first-order valence-electron chi connectivity index (χ1n) is 2.00. The van der Waals surface area contributed by atoms with Gasteiger partial charge in [-0.15, -0.1) is 0 Å². The zero-order valence-corrected chi connectivity index (χ0v) is 6.49. The fraction of sp³-hybridized carbons (Fsp3) is 0. The molecule has 0 aliphatic rings. The Bertz CT molecular complexity index is 80.0. The van der Waals surface area contributed by atoms with E-state index in [0.29, 0.717) is 9.12 Å². The molecule has 2 heteroatoms. The Labute approximate surface area is 59.3 Å². The Morgan fingerprint density at radius 3 is 1.57 bits per heavy atom. The minimum Gasteiger partial charge on any atom is -0.0805 e. The van der Waals surface area contributed by atoms with Gasteiger partial charge in [-0.1, -0.05) is 29.6 Å². The van der Waals surface area contributed by atoms with Gasteiger partial charge in [0.2, 0.25) is 0 Å². The van der Waals surface area contributed by atoms with Crippen molar-refractivity contribution < 1.29 is 20.4 Å². The van der Waals surface area contributed by atoms with Crippen LogP contribution in [0.3, 0.4) is 0 Å². The molecule has 7 heavy (non-hydrogen) atoms. The summed E-state index contributed by atoms with van der Waals surface area (Å²) in [6.07, 6.45) is 0. The largest absolute Gasteiger partial charge is 0.0805 e. The molecule has 0 saturated carbocycles. The summed E-state index contributed by atoms with van der Waals surface area (Å²) in [5.41, 5.74) is 4.42. The molecule has 0 N–H and O–H groups in total. The maximum Gasteiger partial charge on any atom is 0.0198 e. The van der Waals surface area contributed by atoms with Crippen LogP contribution in [0, 0.1) is 0 Å². The topological polar surface area (TPSA) is 0 Å². The van der Waals surface area contributed by atoms with E-state index in [-0.39, 0.29) is 20.4 Å². The van der Waals surface area contributed by atoms with Crippen molar-refractivity contribution >= 4 is 9.12 Å². The Kier molecular flexibility index (Phi) is 4.53. The third kappa shape index (κ3) is 2.87. The predicted octanol–water partition coefficient (Wildman–Crippen LogP) is 0.754. The maximum absolute atomic E-state index is 2.21. The van der Waals surface area contributed by atoms with Crippen LogP contribution in [0.25, 0.3) is 0 Å². The van der Waals surface area contributed by atoms with E-state index >= 15 is 0 Å². The summed E-state index contributed by atoms with van der Waals surface area (Å²) in [4.78, 5) is 0. The van der Waals surface area contributed by atoms with Crippen LogP contribution in [0.4, 0.5) is 0 Å². The van der Waals surface area contributed by atoms with E-state index in [1.807, 2.05) is 0 Å². The standard InChI is InChI=1S/C5H6Si.Pd/c1-2-4-6-5-3-1;/h1-6H;. The molecule has 40 valence electrons. The second-order valence-electron chi connectivity index (χ2n) is 1.15. The summed E-state index contributed by atoms with van der Waals surface area (Å²) in [7, 11) is 0.513. The van der Waals surface area contributed by atoms with Gasteiger partial charge in [0.1, 0.15) is 0 Å². The van der Waals surface area contributed by atoms with Gasteiger partial charge < -0.3 is 0 Å². The first-order chi connectivity index (χ1) is 3.00. The van der Waals surface area contributed by atoms with Gasteiger partial charge in [-0.25, -0.2) is 0 Å². The summed E-state index contributed by atoms with van der Waals surface area (Å²) < 4.78 is 0. The molecule has 0 spiro atoms. The SMILES string of the molecule is [Pd].c1cc[siH]cc1. The molecule has 0 aliphatic carbocycles. The quantitative estimate of drug-likeness (QED) is 0.543. The molecule has 0 nitrogen and oxygen atoms in total. The van der Waals surface area contributed by atoms with Crippen LogP contribution in [0.5, 0.6) is 0 Å². The predicted molar refractivity (Wildman–Crippen MR) is 29.2 cm³/mol. The van der Waals surface area contributed by atoms with Gasteiger partial charge in [-0.2, -0.15) is 0 Å². The molecule has 0 aromatic carbocycles. The monoisotopic (exact) mass is 200 g/mol. The number of hydrogen-bond donors (Lipinski definition) is 0. The van der Waals surface area contributed by atoms with Gasteiger partial charge in [0.15, 0.2) is 0 Å². The Morgan fingerprint density at radius 2 is 1.43 bits per heavy atom. The molecule has 0 amide bonds. The fourth-order valence-corrected chi connectivity index (χ4v) is 1.03. The molecule has 0 unspecified atom stereocenters. The third-order valence-corrected chi connectivity index (χ3v) is 1.56. The first kappa shape index (κ1) is 7.23. The Balaban J connectivity index is 0.000000360. The second kappa shape index (κ2) is 4.39. The van der Waals surface area contributed by atoms with Crippen molar-refractivity contribution in [3.63, 3.8) is 0 Å². The summed E-state index contributed by atoms with van der Waals surface area (Å²) in [6, 6.07) is 6.24. The van der Waals surface area contributed by atoms with E-state index in [9.17, 15) is 0 Å². The van der Waals surface area contributed by atoms with Crippen LogP contribution >= 0.6 is 0 Å². The van der Waals surface area contributed by atoms with Gasteiger partial charge in [0, 0.05) is 29.5 Å². The molecule has 0 atom stereocenters. The Morgan fingerprint density at radius 1 is 0.857 bits per heavy atom. The van der Waals surface area contributed by atoms with E-state index in [4.69, 9.17) is 0 Å². The Hall–Kier alpha value is 0.229. The molecule has 1 aromatic heterocycles. The van der Waals surface area contributed by atoms with Crippen molar-refractivity contribution in [3.05, 3.63) is 29.6 Å². The number of rotatable bonds is 0. The van der Waals surface area contributed by atoms with Gasteiger partial charge in [-0.3, -0.25) is 0 Å². The van der Waals surface area contributed by atoms with Gasteiger partial charge in [0.05, 0.1) is 0 Å². The normalized spacial score (nSPS) is 6.86. The summed E-state index contributed by atoms with van der Waals surface area (Å²) in [6.45, 7) is 0. The number of hydrogen-bond acceptors (Lipinski definition) is 0. The second-order valence-corrected chi connectivity index (χ2v) is 2.31. The average molecular weight is 201 g/mol. The summed E-state index contributed by atoms with van der Waals surface area (Å²) >= 11 is 0. The molecule has 0 saturated heterocycles. The summed E-state index contributed by atoms with van der Waals surface area (Å²) in [5, 5.41) is 0. The maximum atomic E-state index is 2.21.